The fourth-order valence-electron chi connectivity index (χ4n) is 11.8. The van der Waals surface area contributed by atoms with Gasteiger partial charge in [-0.25, -0.2) is 4.79 Å². The van der Waals surface area contributed by atoms with Gasteiger partial charge in [0.05, 0.1) is 11.7 Å². The largest absolute Gasteiger partial charge is 0.453 e. The van der Waals surface area contributed by atoms with Gasteiger partial charge in [-0.1, -0.05) is 19.9 Å². The second-order valence-electron chi connectivity index (χ2n) is 15.7. The second kappa shape index (κ2) is 8.57. The van der Waals surface area contributed by atoms with Crippen LogP contribution in [0.4, 0.5) is 0 Å². The van der Waals surface area contributed by atoms with Gasteiger partial charge in [0.2, 0.25) is 5.79 Å². The Hall–Kier alpha value is -1.11. The van der Waals surface area contributed by atoms with E-state index in [-0.39, 0.29) is 25.4 Å². The van der Waals surface area contributed by atoms with Gasteiger partial charge in [-0.15, -0.1) is 0 Å². The minimum atomic E-state index is -2.06. The van der Waals surface area contributed by atoms with Crippen LogP contribution >= 0.6 is 0 Å². The van der Waals surface area contributed by atoms with Crippen LogP contribution in [0.25, 0.3) is 0 Å². The average molecular weight is 592 g/mol. The van der Waals surface area contributed by atoms with E-state index in [0.29, 0.717) is 50.1 Å². The highest BCUT2D eigenvalue weighted by Gasteiger charge is 2.88. The molecular formula is C32H49NO9. The monoisotopic (exact) mass is 591 g/mol. The lowest BCUT2D eigenvalue weighted by molar-refractivity contribution is -0.354. The van der Waals surface area contributed by atoms with E-state index in [1.165, 1.54) is 0 Å². The molecule has 4 saturated carbocycles. The van der Waals surface area contributed by atoms with E-state index in [9.17, 15) is 35.4 Å². The van der Waals surface area contributed by atoms with Crippen LogP contribution in [0.3, 0.4) is 0 Å². The summed E-state index contributed by atoms with van der Waals surface area (Å²) in [6.45, 7) is 10.1. The quantitative estimate of drug-likeness (QED) is 0.202. The molecule has 0 aromatic carbocycles. The number of fused-ring (bicyclic) bond motifs is 5. The highest BCUT2D eigenvalue weighted by atomic mass is 16.7. The zero-order chi connectivity index (χ0) is 30.5. The van der Waals surface area contributed by atoms with E-state index >= 15 is 0 Å². The summed E-state index contributed by atoms with van der Waals surface area (Å²) in [6.07, 6.45) is 2.30. The van der Waals surface area contributed by atoms with Crippen molar-refractivity contribution >= 4 is 5.97 Å². The van der Waals surface area contributed by atoms with Crippen molar-refractivity contribution in [3.63, 3.8) is 0 Å². The molecule has 4 aliphatic carbocycles. The highest BCUT2D eigenvalue weighted by Crippen LogP contribution is 2.78. The number of carbonyl (C=O) groups excluding carboxylic acids is 1. The van der Waals surface area contributed by atoms with Crippen LogP contribution in [0.5, 0.6) is 0 Å². The van der Waals surface area contributed by atoms with Crippen molar-refractivity contribution < 1.29 is 44.9 Å². The van der Waals surface area contributed by atoms with E-state index in [4.69, 9.17) is 9.47 Å². The lowest BCUT2D eigenvalue weighted by Gasteiger charge is -2.68. The van der Waals surface area contributed by atoms with Crippen molar-refractivity contribution in [2.75, 3.05) is 13.1 Å². The first-order chi connectivity index (χ1) is 19.5. The predicted octanol–water partition coefficient (Wildman–Crippen LogP) is 0.991. The first-order valence-electron chi connectivity index (χ1n) is 16.0. The molecule has 4 bridgehead atoms. The maximum atomic E-state index is 12.9. The molecule has 1 spiro atoms. The smallest absolute Gasteiger partial charge is 0.333 e. The fraction of sp³-hybridized carbons (Fsp3) is 0.906. The number of hydrogen-bond donors (Lipinski definition) is 6. The lowest BCUT2D eigenvalue weighted by atomic mass is 9.49. The normalized spacial score (nSPS) is 60.3. The third-order valence-electron chi connectivity index (χ3n) is 14.1. The topological polar surface area (TPSA) is 160 Å². The standard InChI is InChI=1S/C32H49NO9/c1-6-18(3)25(35)41-24-11-12-26(4)19-8-9-20-28(37)13-23(34)31(39)21(29(28,38)16-30(20,26)42-32(19,24)40)15-33-14-17(2)7-10-22(33)27(31,5)36/h6,17,19-24,34,36-40H,7-16H2,1-5H3/t17-,19-,20-,21-,22-,23-,24-,26-,27+,28+,29+,30+,31-,32-/m0/s1. The van der Waals surface area contributed by atoms with Crippen molar-refractivity contribution in [2.24, 2.45) is 29.1 Å². The molecule has 0 aromatic rings. The van der Waals surface area contributed by atoms with Gasteiger partial charge in [-0.3, -0.25) is 4.90 Å². The van der Waals surface area contributed by atoms with Crippen molar-refractivity contribution in [1.82, 2.24) is 4.90 Å². The summed E-state index contributed by atoms with van der Waals surface area (Å²) >= 11 is 0. The third-order valence-corrected chi connectivity index (χ3v) is 14.1. The van der Waals surface area contributed by atoms with E-state index < -0.39 is 75.1 Å². The molecule has 0 aromatic heterocycles. The Morgan fingerprint density at radius 3 is 2.33 bits per heavy atom. The maximum absolute atomic E-state index is 12.9. The molecule has 3 heterocycles. The number of nitrogens with zero attached hydrogens (tertiary/aromatic N) is 1. The number of carbonyl (C=O) groups is 1. The lowest BCUT2D eigenvalue weighted by Crippen LogP contribution is -2.85. The Morgan fingerprint density at radius 1 is 0.952 bits per heavy atom. The summed E-state index contributed by atoms with van der Waals surface area (Å²) in [5, 5.41) is 73.9. The molecule has 7 aliphatic rings. The van der Waals surface area contributed by atoms with Gasteiger partial charge >= 0.3 is 5.97 Å². The number of piperidine rings is 2. The summed E-state index contributed by atoms with van der Waals surface area (Å²) in [4.78, 5) is 14.9. The number of hydrogen-bond acceptors (Lipinski definition) is 10. The second-order valence-corrected chi connectivity index (χ2v) is 15.7. The molecule has 6 N–H and O–H groups in total. The number of rotatable bonds is 2. The van der Waals surface area contributed by atoms with Gasteiger partial charge < -0.3 is 40.1 Å². The molecule has 42 heavy (non-hydrogen) atoms. The summed E-state index contributed by atoms with van der Waals surface area (Å²) in [7, 11) is 0. The van der Waals surface area contributed by atoms with Gasteiger partial charge in [0.25, 0.3) is 0 Å². The first kappa shape index (κ1) is 29.6. The number of esters is 1. The molecule has 0 amide bonds. The Morgan fingerprint density at radius 2 is 1.64 bits per heavy atom. The molecule has 14 atom stereocenters. The van der Waals surface area contributed by atoms with Crippen LogP contribution in [0.2, 0.25) is 0 Å². The third kappa shape index (κ3) is 3.07. The number of aliphatic hydroxyl groups is 6. The van der Waals surface area contributed by atoms with Crippen LogP contribution < -0.4 is 0 Å². The Balaban J connectivity index is 1.32. The molecule has 236 valence electrons. The number of aliphatic hydroxyl groups excluding tert-OH is 1. The van der Waals surface area contributed by atoms with E-state index in [0.717, 1.165) is 6.42 Å². The summed E-state index contributed by atoms with van der Waals surface area (Å²) in [5.74, 6) is -4.05. The Kier molecular flexibility index (Phi) is 6.04. The van der Waals surface area contributed by atoms with Gasteiger partial charge in [0.15, 0.2) is 6.10 Å². The van der Waals surface area contributed by atoms with Crippen LogP contribution in [0, 0.1) is 29.1 Å². The van der Waals surface area contributed by atoms with Crippen LogP contribution in [0.15, 0.2) is 11.6 Å². The van der Waals surface area contributed by atoms with Gasteiger partial charge in [-0.05, 0) is 65.2 Å². The molecule has 0 unspecified atom stereocenters. The van der Waals surface area contributed by atoms with E-state index in [2.05, 4.69) is 11.8 Å². The number of ether oxygens (including phenoxy) is 2. The molecule has 3 aliphatic heterocycles. The van der Waals surface area contributed by atoms with Gasteiger partial charge in [0.1, 0.15) is 22.4 Å². The fourth-order valence-corrected chi connectivity index (χ4v) is 11.8. The van der Waals surface area contributed by atoms with Crippen molar-refractivity contribution in [3.05, 3.63) is 11.6 Å². The SMILES string of the molecule is CC=C(C)C(=O)O[C@H]1CC[C@@]2(C)[C@@H]3CC[C@H]4[C@]5(O)C[C@H](O)[C@@]6(O)[C@@H](CN7C[C@@H](C)CC[C@H]7[C@@]6(C)O)[C@]5(O)C[C@@]42O[C@]13O. The summed E-state index contributed by atoms with van der Waals surface area (Å²) < 4.78 is 12.6. The zero-order valence-electron chi connectivity index (χ0n) is 25.5. The van der Waals surface area contributed by atoms with Crippen molar-refractivity contribution in [2.45, 2.75) is 138 Å². The molecule has 10 nitrogen and oxygen atoms in total. The van der Waals surface area contributed by atoms with E-state index in [1.54, 1.807) is 26.8 Å². The van der Waals surface area contributed by atoms with Crippen molar-refractivity contribution in [1.29, 1.82) is 0 Å². The summed E-state index contributed by atoms with van der Waals surface area (Å²) in [6, 6.07) is -0.387. The van der Waals surface area contributed by atoms with Crippen LogP contribution in [0.1, 0.15) is 86.0 Å². The predicted molar refractivity (Wildman–Crippen MR) is 150 cm³/mol. The molecule has 3 saturated heterocycles. The van der Waals surface area contributed by atoms with Crippen LogP contribution in [-0.4, -0.2) is 107 Å². The molecular weight excluding hydrogens is 542 g/mol. The maximum Gasteiger partial charge on any atom is 0.333 e. The van der Waals surface area contributed by atoms with Crippen LogP contribution in [-0.2, 0) is 14.3 Å². The van der Waals surface area contributed by atoms with E-state index in [1.807, 2.05) is 6.92 Å². The molecule has 7 rings (SSSR count). The number of allylic oxidation sites excluding steroid dienone is 1. The minimum absolute atomic E-state index is 0.0606. The highest BCUT2D eigenvalue weighted by molar-refractivity contribution is 5.87. The summed E-state index contributed by atoms with van der Waals surface area (Å²) in [5.41, 5.74) is -8.96. The first-order valence-corrected chi connectivity index (χ1v) is 16.0. The minimum Gasteiger partial charge on any atom is -0.453 e. The van der Waals surface area contributed by atoms with Gasteiger partial charge in [-0.2, -0.15) is 0 Å². The molecule has 7 fully saturated rings. The van der Waals surface area contributed by atoms with Gasteiger partial charge in [0, 0.05) is 60.7 Å². The average Bonchev–Trinajstić information content (AvgIpc) is 3.09. The molecule has 10 heteroatoms. The Labute approximate surface area is 247 Å². The Bertz CT molecular complexity index is 1220. The zero-order valence-corrected chi connectivity index (χ0v) is 25.5. The van der Waals surface area contributed by atoms with Crippen molar-refractivity contribution in [3.8, 4) is 0 Å². The molecule has 0 radical (unpaired) electrons.